The van der Waals surface area contributed by atoms with Gasteiger partial charge in [0, 0.05) is 12.1 Å². The lowest BCUT2D eigenvalue weighted by Gasteiger charge is -2.05. The molecule has 0 fully saturated rings. The van der Waals surface area contributed by atoms with Crippen molar-refractivity contribution in [3.8, 4) is 5.75 Å². The third kappa shape index (κ3) is 7.16. The summed E-state index contributed by atoms with van der Waals surface area (Å²) in [5, 5.41) is 9.67. The first-order chi connectivity index (χ1) is 10.1. The molecule has 0 aliphatic heterocycles. The molecule has 0 atom stereocenters. The highest BCUT2D eigenvalue weighted by Gasteiger charge is 2.10. The van der Waals surface area contributed by atoms with Crippen molar-refractivity contribution in [2.75, 3.05) is 5.73 Å². The van der Waals surface area contributed by atoms with Crippen molar-refractivity contribution >= 4 is 11.5 Å². The van der Waals surface area contributed by atoms with Crippen molar-refractivity contribution in [1.29, 1.82) is 0 Å². The second kappa shape index (κ2) is 10.3. The standard InChI is InChI=1S/C18H29NO2/c1-2-3-4-5-6-7-8-9-10-11-17(20)16-14-15(19)12-13-18(16)21/h12-14,21H,2-11,19H2,1H3. The number of Topliss-reactive ketones (excluding diaryl/α,β-unsaturated/α-hetero) is 1. The number of benzene rings is 1. The van der Waals surface area contributed by atoms with Gasteiger partial charge < -0.3 is 10.8 Å². The number of phenolic OH excluding ortho intramolecular Hbond substituents is 1. The summed E-state index contributed by atoms with van der Waals surface area (Å²) in [4.78, 5) is 12.0. The van der Waals surface area contributed by atoms with Gasteiger partial charge in [0.15, 0.2) is 5.78 Å². The maximum atomic E-state index is 12.0. The van der Waals surface area contributed by atoms with Crippen molar-refractivity contribution in [2.45, 2.75) is 71.1 Å². The first-order valence-corrected chi connectivity index (χ1v) is 8.27. The van der Waals surface area contributed by atoms with E-state index in [0.29, 0.717) is 17.7 Å². The van der Waals surface area contributed by atoms with Crippen LogP contribution in [0.3, 0.4) is 0 Å². The van der Waals surface area contributed by atoms with E-state index in [1.165, 1.54) is 51.0 Å². The Balaban J connectivity index is 2.12. The Labute approximate surface area is 128 Å². The molecule has 1 rings (SSSR count). The zero-order valence-corrected chi connectivity index (χ0v) is 13.2. The molecule has 1 aromatic carbocycles. The van der Waals surface area contributed by atoms with Crippen LogP contribution in [0.2, 0.25) is 0 Å². The lowest BCUT2D eigenvalue weighted by atomic mass is 10.0. The van der Waals surface area contributed by atoms with Crippen molar-refractivity contribution in [3.63, 3.8) is 0 Å². The first kappa shape index (κ1) is 17.5. The number of aromatic hydroxyl groups is 1. The van der Waals surface area contributed by atoms with Crippen molar-refractivity contribution in [3.05, 3.63) is 23.8 Å². The van der Waals surface area contributed by atoms with Crippen LogP contribution in [-0.4, -0.2) is 10.9 Å². The van der Waals surface area contributed by atoms with Gasteiger partial charge in [0.05, 0.1) is 5.56 Å². The molecule has 1 aromatic rings. The van der Waals surface area contributed by atoms with E-state index >= 15 is 0 Å². The molecule has 0 aromatic heterocycles. The zero-order chi connectivity index (χ0) is 15.5. The third-order valence-electron chi connectivity index (χ3n) is 3.83. The second-order valence-electron chi connectivity index (χ2n) is 5.78. The highest BCUT2D eigenvalue weighted by molar-refractivity contribution is 5.99. The van der Waals surface area contributed by atoms with Gasteiger partial charge in [-0.2, -0.15) is 0 Å². The number of anilines is 1. The number of rotatable bonds is 11. The van der Waals surface area contributed by atoms with Crippen LogP contribution >= 0.6 is 0 Å². The number of carbonyl (C=O) groups excluding carboxylic acids is 1. The number of hydrogen-bond donors (Lipinski definition) is 2. The maximum Gasteiger partial charge on any atom is 0.166 e. The number of ketones is 1. The second-order valence-corrected chi connectivity index (χ2v) is 5.78. The van der Waals surface area contributed by atoms with Crippen LogP contribution in [0.4, 0.5) is 5.69 Å². The molecule has 0 radical (unpaired) electrons. The number of hydrogen-bond acceptors (Lipinski definition) is 3. The molecule has 118 valence electrons. The SMILES string of the molecule is CCCCCCCCCCCC(=O)c1cc(N)ccc1O. The normalized spacial score (nSPS) is 10.7. The van der Waals surface area contributed by atoms with E-state index < -0.39 is 0 Å². The number of nitrogens with two attached hydrogens (primary N) is 1. The van der Waals surface area contributed by atoms with Gasteiger partial charge in [-0.05, 0) is 24.6 Å². The molecule has 0 bridgehead atoms. The Hall–Kier alpha value is -1.51. The first-order valence-electron chi connectivity index (χ1n) is 8.27. The summed E-state index contributed by atoms with van der Waals surface area (Å²) in [6, 6.07) is 4.65. The van der Waals surface area contributed by atoms with Gasteiger partial charge in [0.25, 0.3) is 0 Å². The Morgan fingerprint density at radius 3 is 2.19 bits per heavy atom. The predicted molar refractivity (Wildman–Crippen MR) is 88.7 cm³/mol. The average Bonchev–Trinajstić information content (AvgIpc) is 2.48. The van der Waals surface area contributed by atoms with E-state index in [4.69, 9.17) is 5.73 Å². The number of carbonyl (C=O) groups is 1. The van der Waals surface area contributed by atoms with Gasteiger partial charge in [-0.3, -0.25) is 4.79 Å². The minimum Gasteiger partial charge on any atom is -0.507 e. The van der Waals surface area contributed by atoms with Gasteiger partial charge in [-0.25, -0.2) is 0 Å². The van der Waals surface area contributed by atoms with Gasteiger partial charge in [-0.15, -0.1) is 0 Å². The van der Waals surface area contributed by atoms with Crippen molar-refractivity contribution in [1.82, 2.24) is 0 Å². The molecule has 0 amide bonds. The van der Waals surface area contributed by atoms with Gasteiger partial charge >= 0.3 is 0 Å². The highest BCUT2D eigenvalue weighted by Crippen LogP contribution is 2.22. The van der Waals surface area contributed by atoms with E-state index in [1.807, 2.05) is 0 Å². The third-order valence-corrected chi connectivity index (χ3v) is 3.83. The fourth-order valence-electron chi connectivity index (χ4n) is 2.51. The lowest BCUT2D eigenvalue weighted by molar-refractivity contribution is 0.0976. The molecule has 0 spiro atoms. The summed E-state index contributed by atoms with van der Waals surface area (Å²) >= 11 is 0. The van der Waals surface area contributed by atoms with Crippen LogP contribution in [0.25, 0.3) is 0 Å². The van der Waals surface area contributed by atoms with Crippen LogP contribution in [-0.2, 0) is 0 Å². The van der Waals surface area contributed by atoms with E-state index in [2.05, 4.69) is 6.92 Å². The van der Waals surface area contributed by atoms with E-state index in [-0.39, 0.29) is 11.5 Å². The van der Waals surface area contributed by atoms with Crippen LogP contribution in [0.15, 0.2) is 18.2 Å². The topological polar surface area (TPSA) is 63.3 Å². The molecule has 0 unspecified atom stereocenters. The maximum absolute atomic E-state index is 12.0. The fraction of sp³-hybridized carbons (Fsp3) is 0.611. The molecule has 3 nitrogen and oxygen atoms in total. The molecular weight excluding hydrogens is 262 g/mol. The van der Waals surface area contributed by atoms with Gasteiger partial charge in [-0.1, -0.05) is 58.3 Å². The average molecular weight is 291 g/mol. The highest BCUT2D eigenvalue weighted by atomic mass is 16.3. The zero-order valence-electron chi connectivity index (χ0n) is 13.2. The predicted octanol–water partition coefficient (Wildman–Crippen LogP) is 5.08. The molecule has 0 saturated carbocycles. The molecule has 0 aliphatic rings. The van der Waals surface area contributed by atoms with Crippen LogP contribution in [0.1, 0.15) is 81.5 Å². The van der Waals surface area contributed by atoms with Gasteiger partial charge in [0.2, 0.25) is 0 Å². The quantitative estimate of drug-likeness (QED) is 0.259. The Morgan fingerprint density at radius 1 is 1.00 bits per heavy atom. The minimum absolute atomic E-state index is 0.0113. The molecule has 0 aliphatic carbocycles. The summed E-state index contributed by atoms with van der Waals surface area (Å²) in [7, 11) is 0. The molecule has 3 heteroatoms. The fourth-order valence-corrected chi connectivity index (χ4v) is 2.51. The minimum atomic E-state index is -0.0113. The number of nitrogen functional groups attached to an aromatic ring is 1. The summed E-state index contributed by atoms with van der Waals surface area (Å²) in [6.45, 7) is 2.23. The summed E-state index contributed by atoms with van der Waals surface area (Å²) < 4.78 is 0. The molecule has 0 heterocycles. The van der Waals surface area contributed by atoms with Gasteiger partial charge in [0.1, 0.15) is 5.75 Å². The summed E-state index contributed by atoms with van der Waals surface area (Å²) in [5.74, 6) is 0.0212. The summed E-state index contributed by atoms with van der Waals surface area (Å²) in [6.07, 6.45) is 11.6. The number of phenols is 1. The van der Waals surface area contributed by atoms with E-state index in [9.17, 15) is 9.90 Å². The van der Waals surface area contributed by atoms with Crippen LogP contribution in [0.5, 0.6) is 5.75 Å². The molecule has 3 N–H and O–H groups in total. The smallest absolute Gasteiger partial charge is 0.166 e. The monoisotopic (exact) mass is 291 g/mol. The molecule has 0 saturated heterocycles. The number of unbranched alkanes of at least 4 members (excludes halogenated alkanes) is 8. The Morgan fingerprint density at radius 2 is 1.57 bits per heavy atom. The molecular formula is C18H29NO2. The van der Waals surface area contributed by atoms with E-state index in [1.54, 1.807) is 12.1 Å². The van der Waals surface area contributed by atoms with Crippen LogP contribution in [0, 0.1) is 0 Å². The largest absolute Gasteiger partial charge is 0.507 e. The Kier molecular flexibility index (Phi) is 8.56. The van der Waals surface area contributed by atoms with Crippen molar-refractivity contribution in [2.24, 2.45) is 0 Å². The van der Waals surface area contributed by atoms with Crippen molar-refractivity contribution < 1.29 is 9.90 Å². The van der Waals surface area contributed by atoms with E-state index in [0.717, 1.165) is 12.8 Å². The Bertz CT molecular complexity index is 429. The lowest BCUT2D eigenvalue weighted by Crippen LogP contribution is -2.00. The summed E-state index contributed by atoms with van der Waals surface area (Å²) in [5.41, 5.74) is 6.52. The van der Waals surface area contributed by atoms with Crippen LogP contribution < -0.4 is 5.73 Å². The molecule has 21 heavy (non-hydrogen) atoms.